The van der Waals surface area contributed by atoms with Gasteiger partial charge in [0, 0.05) is 22.8 Å². The van der Waals surface area contributed by atoms with Crippen molar-refractivity contribution in [3.05, 3.63) is 64.7 Å². The predicted molar refractivity (Wildman–Crippen MR) is 90.4 cm³/mol. The zero-order valence-electron chi connectivity index (χ0n) is 12.4. The second-order valence-corrected chi connectivity index (χ2v) is 6.04. The van der Waals surface area contributed by atoms with Gasteiger partial charge in [0.25, 0.3) is 5.91 Å². The predicted octanol–water partition coefficient (Wildman–Crippen LogP) is 4.19. The smallest absolute Gasteiger partial charge is 0.255 e. The standard InChI is InChI=1S/C18H19ClN2O/c19-16-8-5-7-14(12-16)18(22)20-17-9-2-1-6-15(17)13-21-10-3-4-11-21/h1-2,5-9,12H,3-4,10-11,13H2,(H,20,22). The molecule has 22 heavy (non-hydrogen) atoms. The molecule has 0 unspecified atom stereocenters. The summed E-state index contributed by atoms with van der Waals surface area (Å²) >= 11 is 5.95. The number of nitrogens with zero attached hydrogens (tertiary/aromatic N) is 1. The molecule has 2 aromatic rings. The first kappa shape index (κ1) is 15.1. The van der Waals surface area contributed by atoms with E-state index in [4.69, 9.17) is 11.6 Å². The molecule has 1 aliphatic rings. The average Bonchev–Trinajstić information content (AvgIpc) is 3.02. The van der Waals surface area contributed by atoms with Crippen molar-refractivity contribution in [3.63, 3.8) is 0 Å². The Bertz CT molecular complexity index is 666. The maximum atomic E-state index is 12.4. The number of likely N-dealkylation sites (tertiary alicyclic amines) is 1. The Kier molecular flexibility index (Phi) is 4.76. The lowest BCUT2D eigenvalue weighted by molar-refractivity contribution is 0.102. The number of hydrogen-bond donors (Lipinski definition) is 1. The van der Waals surface area contributed by atoms with Gasteiger partial charge < -0.3 is 5.32 Å². The maximum Gasteiger partial charge on any atom is 0.255 e. The minimum absolute atomic E-state index is 0.128. The largest absolute Gasteiger partial charge is 0.322 e. The highest BCUT2D eigenvalue weighted by molar-refractivity contribution is 6.31. The van der Waals surface area contributed by atoms with Crippen molar-refractivity contribution in [3.8, 4) is 0 Å². The van der Waals surface area contributed by atoms with Crippen LogP contribution in [-0.2, 0) is 6.54 Å². The van der Waals surface area contributed by atoms with Gasteiger partial charge in [0.1, 0.15) is 0 Å². The summed E-state index contributed by atoms with van der Waals surface area (Å²) in [5, 5.41) is 3.57. The topological polar surface area (TPSA) is 32.3 Å². The fraction of sp³-hybridized carbons (Fsp3) is 0.278. The summed E-state index contributed by atoms with van der Waals surface area (Å²) in [7, 11) is 0. The highest BCUT2D eigenvalue weighted by Crippen LogP contribution is 2.21. The molecule has 3 rings (SSSR count). The zero-order chi connectivity index (χ0) is 15.4. The van der Waals surface area contributed by atoms with E-state index in [-0.39, 0.29) is 5.91 Å². The van der Waals surface area contributed by atoms with Crippen LogP contribution in [0, 0.1) is 0 Å². The third-order valence-electron chi connectivity index (χ3n) is 3.95. The van der Waals surface area contributed by atoms with Crippen LogP contribution in [0.4, 0.5) is 5.69 Å². The number of rotatable bonds is 4. The number of para-hydroxylation sites is 1. The summed E-state index contributed by atoms with van der Waals surface area (Å²) in [4.78, 5) is 14.8. The second kappa shape index (κ2) is 6.95. The van der Waals surface area contributed by atoms with Gasteiger partial charge in [0.2, 0.25) is 0 Å². The molecule has 1 aliphatic heterocycles. The fourth-order valence-corrected chi connectivity index (χ4v) is 2.98. The molecule has 0 bridgehead atoms. The maximum absolute atomic E-state index is 12.4. The molecule has 4 heteroatoms. The molecule has 0 radical (unpaired) electrons. The number of carbonyl (C=O) groups excluding carboxylic acids is 1. The van der Waals surface area contributed by atoms with Crippen LogP contribution < -0.4 is 5.32 Å². The molecule has 2 aromatic carbocycles. The summed E-state index contributed by atoms with van der Waals surface area (Å²) < 4.78 is 0. The molecule has 0 atom stereocenters. The molecule has 1 saturated heterocycles. The fourth-order valence-electron chi connectivity index (χ4n) is 2.79. The SMILES string of the molecule is O=C(Nc1ccccc1CN1CCCC1)c1cccc(Cl)c1. The van der Waals surface area contributed by atoms with E-state index >= 15 is 0 Å². The Morgan fingerprint density at radius 3 is 2.64 bits per heavy atom. The van der Waals surface area contributed by atoms with Gasteiger partial charge in [0.15, 0.2) is 0 Å². The summed E-state index contributed by atoms with van der Waals surface area (Å²) in [6, 6.07) is 15.0. The summed E-state index contributed by atoms with van der Waals surface area (Å²) in [6.07, 6.45) is 2.52. The van der Waals surface area contributed by atoms with Crippen LogP contribution in [0.3, 0.4) is 0 Å². The zero-order valence-corrected chi connectivity index (χ0v) is 13.1. The van der Waals surface area contributed by atoms with E-state index in [0.29, 0.717) is 10.6 Å². The van der Waals surface area contributed by atoms with Crippen molar-refractivity contribution in [2.24, 2.45) is 0 Å². The van der Waals surface area contributed by atoms with Crippen LogP contribution in [0.15, 0.2) is 48.5 Å². The molecule has 0 spiro atoms. The normalized spacial score (nSPS) is 15.0. The molecule has 0 saturated carbocycles. The van der Waals surface area contributed by atoms with Gasteiger partial charge in [-0.2, -0.15) is 0 Å². The summed E-state index contributed by atoms with van der Waals surface area (Å²) in [5.41, 5.74) is 2.60. The van der Waals surface area contributed by atoms with Crippen LogP contribution in [0.25, 0.3) is 0 Å². The van der Waals surface area contributed by atoms with Crippen LogP contribution in [0.1, 0.15) is 28.8 Å². The van der Waals surface area contributed by atoms with Crippen LogP contribution in [0.5, 0.6) is 0 Å². The highest BCUT2D eigenvalue weighted by Gasteiger charge is 2.15. The van der Waals surface area contributed by atoms with E-state index in [9.17, 15) is 4.79 Å². The van der Waals surface area contributed by atoms with Crippen molar-refractivity contribution in [2.45, 2.75) is 19.4 Å². The lowest BCUT2D eigenvalue weighted by Crippen LogP contribution is -2.20. The van der Waals surface area contributed by atoms with Crippen LogP contribution in [-0.4, -0.2) is 23.9 Å². The number of benzene rings is 2. The monoisotopic (exact) mass is 314 g/mol. The van der Waals surface area contributed by atoms with Gasteiger partial charge in [0.05, 0.1) is 0 Å². The third kappa shape index (κ3) is 3.67. The Morgan fingerprint density at radius 1 is 1.09 bits per heavy atom. The summed E-state index contributed by atoms with van der Waals surface area (Å²) in [6.45, 7) is 3.15. The van der Waals surface area contributed by atoms with Crippen molar-refractivity contribution < 1.29 is 4.79 Å². The molecular formula is C18H19ClN2O. The van der Waals surface area contributed by atoms with E-state index in [2.05, 4.69) is 16.3 Å². The van der Waals surface area contributed by atoms with E-state index in [1.807, 2.05) is 18.2 Å². The molecule has 1 fully saturated rings. The Balaban J connectivity index is 1.75. The Morgan fingerprint density at radius 2 is 1.86 bits per heavy atom. The number of amides is 1. The van der Waals surface area contributed by atoms with Crippen molar-refractivity contribution in [2.75, 3.05) is 18.4 Å². The van der Waals surface area contributed by atoms with Gasteiger partial charge in [-0.05, 0) is 55.8 Å². The number of anilines is 1. The number of nitrogens with one attached hydrogen (secondary N) is 1. The molecule has 0 aromatic heterocycles. The minimum atomic E-state index is -0.128. The summed E-state index contributed by atoms with van der Waals surface area (Å²) in [5.74, 6) is -0.128. The van der Waals surface area contributed by atoms with Gasteiger partial charge >= 0.3 is 0 Å². The number of carbonyl (C=O) groups is 1. The van der Waals surface area contributed by atoms with E-state index in [1.54, 1.807) is 24.3 Å². The van der Waals surface area contributed by atoms with Gasteiger partial charge in [-0.25, -0.2) is 0 Å². The van der Waals surface area contributed by atoms with Crippen molar-refractivity contribution in [1.82, 2.24) is 4.90 Å². The Labute approximate surface area is 135 Å². The van der Waals surface area contributed by atoms with Gasteiger partial charge in [-0.3, -0.25) is 9.69 Å². The first-order valence-electron chi connectivity index (χ1n) is 7.59. The molecular weight excluding hydrogens is 296 g/mol. The molecule has 0 aliphatic carbocycles. The molecule has 3 nitrogen and oxygen atoms in total. The lowest BCUT2D eigenvalue weighted by Gasteiger charge is -2.17. The van der Waals surface area contributed by atoms with Crippen LogP contribution >= 0.6 is 11.6 Å². The molecule has 1 amide bonds. The third-order valence-corrected chi connectivity index (χ3v) is 4.18. The Hall–Kier alpha value is -1.84. The van der Waals surface area contributed by atoms with Gasteiger partial charge in [-0.1, -0.05) is 35.9 Å². The van der Waals surface area contributed by atoms with E-state index < -0.39 is 0 Å². The van der Waals surface area contributed by atoms with Crippen LogP contribution in [0.2, 0.25) is 5.02 Å². The van der Waals surface area contributed by atoms with E-state index in [0.717, 1.165) is 30.9 Å². The first-order valence-corrected chi connectivity index (χ1v) is 7.97. The first-order chi connectivity index (χ1) is 10.7. The molecule has 114 valence electrons. The molecule has 1 N–H and O–H groups in total. The second-order valence-electron chi connectivity index (χ2n) is 5.60. The van der Waals surface area contributed by atoms with Crippen molar-refractivity contribution in [1.29, 1.82) is 0 Å². The quantitative estimate of drug-likeness (QED) is 0.917. The van der Waals surface area contributed by atoms with E-state index in [1.165, 1.54) is 12.8 Å². The average molecular weight is 315 g/mol. The molecule has 1 heterocycles. The highest BCUT2D eigenvalue weighted by atomic mass is 35.5. The number of hydrogen-bond acceptors (Lipinski definition) is 2. The number of halogens is 1. The van der Waals surface area contributed by atoms with Gasteiger partial charge in [-0.15, -0.1) is 0 Å². The minimum Gasteiger partial charge on any atom is -0.322 e. The van der Waals surface area contributed by atoms with Crippen molar-refractivity contribution >= 4 is 23.2 Å². The lowest BCUT2D eigenvalue weighted by atomic mass is 10.1.